The molecule has 0 aliphatic carbocycles. The van der Waals surface area contributed by atoms with Crippen LogP contribution in [0.25, 0.3) is 0 Å². The van der Waals surface area contributed by atoms with E-state index in [9.17, 15) is 14.4 Å². The Balaban J connectivity index is -0.0000000939. The van der Waals surface area contributed by atoms with Crippen molar-refractivity contribution in [2.24, 2.45) is 0 Å². The molecular weight excluding hydrogens is 434 g/mol. The molecule has 0 aromatic carbocycles. The van der Waals surface area contributed by atoms with Crippen molar-refractivity contribution in [3.63, 3.8) is 0 Å². The average molecular weight is 478 g/mol. The third kappa shape index (κ3) is 42.5. The summed E-state index contributed by atoms with van der Waals surface area (Å²) in [5, 5.41) is 5.31. The van der Waals surface area contributed by atoms with Crippen LogP contribution in [0.1, 0.15) is 56.4 Å². The van der Waals surface area contributed by atoms with Gasteiger partial charge in [0.2, 0.25) is 25.5 Å². The summed E-state index contributed by atoms with van der Waals surface area (Å²) in [6, 6.07) is 0. The molecule has 188 valence electrons. The number of carbonyl (C=O) groups is 3. The van der Waals surface area contributed by atoms with Gasteiger partial charge in [-0.05, 0) is 0 Å². The Labute approximate surface area is 203 Å². The number of hydrogen-bond acceptors (Lipinski definition) is 8. The Morgan fingerprint density at radius 2 is 1.06 bits per heavy atom. The molecule has 0 saturated carbocycles. The molecule has 0 aromatic heterocycles. The van der Waals surface area contributed by atoms with Gasteiger partial charge in [-0.3, -0.25) is 14.4 Å². The van der Waals surface area contributed by atoms with Crippen LogP contribution in [0.3, 0.4) is 0 Å². The van der Waals surface area contributed by atoms with Gasteiger partial charge in [0.1, 0.15) is 13.2 Å². The molecule has 0 unspecified atom stereocenters. The van der Waals surface area contributed by atoms with Crippen molar-refractivity contribution in [2.75, 3.05) is 52.7 Å². The molecule has 12 heteroatoms. The molecule has 0 aliphatic rings. The van der Waals surface area contributed by atoms with Gasteiger partial charge in [0.25, 0.3) is 0 Å². The van der Waals surface area contributed by atoms with Gasteiger partial charge in [0, 0.05) is 25.9 Å². The first-order valence-electron chi connectivity index (χ1n) is 8.86. The van der Waals surface area contributed by atoms with Gasteiger partial charge < -0.3 is 29.6 Å². The van der Waals surface area contributed by atoms with E-state index in [1.54, 1.807) is 13.8 Å². The monoisotopic (exact) mass is 478 g/mol. The highest BCUT2D eigenvalue weighted by atomic mass is 32.1. The second kappa shape index (κ2) is 34.0. The number of thiocarbonyl (C=S) groups is 1. The van der Waals surface area contributed by atoms with Crippen LogP contribution in [0.2, 0.25) is 0 Å². The molecule has 4 radical (unpaired) electrons. The third-order valence-corrected chi connectivity index (χ3v) is 2.84. The van der Waals surface area contributed by atoms with E-state index < -0.39 is 5.87 Å². The highest BCUT2D eigenvalue weighted by molar-refractivity contribution is 7.82. The van der Waals surface area contributed by atoms with Crippen molar-refractivity contribution >= 4 is 50.5 Å². The summed E-state index contributed by atoms with van der Waals surface area (Å²) in [5.41, 5.74) is 0. The van der Waals surface area contributed by atoms with Crippen LogP contribution >= 0.6 is 12.2 Å². The van der Waals surface area contributed by atoms with Crippen molar-refractivity contribution in [1.29, 1.82) is 0 Å². The van der Waals surface area contributed by atoms with E-state index in [1.165, 1.54) is 0 Å². The number of ether oxygens (including phenoxy) is 4. The van der Waals surface area contributed by atoms with Crippen LogP contribution in [0.4, 0.5) is 4.79 Å². The van der Waals surface area contributed by atoms with E-state index in [0.717, 1.165) is 0 Å². The van der Waals surface area contributed by atoms with Gasteiger partial charge in [-0.2, -0.15) is 0 Å². The minimum absolute atomic E-state index is 0. The van der Waals surface area contributed by atoms with Gasteiger partial charge in [-0.1, -0.05) is 55.8 Å². The minimum Gasteiger partial charge on any atom is -0.496 e. The van der Waals surface area contributed by atoms with E-state index in [0.29, 0.717) is 52.4 Å². The van der Waals surface area contributed by atoms with Crippen LogP contribution in [0, 0.1) is 0 Å². The summed E-state index contributed by atoms with van der Waals surface area (Å²) in [6.45, 7) is 6.59. The number of nitrogens with one attached hydrogen (secondary N) is 2. The van der Waals surface area contributed by atoms with Gasteiger partial charge in [0.15, 0.2) is 7.85 Å². The molecule has 0 aromatic rings. The van der Waals surface area contributed by atoms with E-state index >= 15 is 0 Å². The summed E-state index contributed by atoms with van der Waals surface area (Å²) in [7, 11) is 9.81. The van der Waals surface area contributed by atoms with E-state index in [4.69, 9.17) is 29.9 Å². The lowest BCUT2D eigenvalue weighted by molar-refractivity contribution is -0.121. The Bertz CT molecular complexity index is 420. The van der Waals surface area contributed by atoms with Crippen molar-refractivity contribution in [1.82, 2.24) is 10.6 Å². The van der Waals surface area contributed by atoms with Crippen LogP contribution in [-0.4, -0.2) is 91.1 Å². The van der Waals surface area contributed by atoms with Gasteiger partial charge in [-0.25, -0.2) is 0 Å². The van der Waals surface area contributed by atoms with Gasteiger partial charge in [-0.15, -0.1) is 0 Å². The van der Waals surface area contributed by atoms with Crippen molar-refractivity contribution in [3.05, 3.63) is 0 Å². The molecule has 2 amide bonds. The van der Waals surface area contributed by atoms with E-state index in [2.05, 4.69) is 27.6 Å². The molecule has 0 spiro atoms. The predicted molar refractivity (Wildman–Crippen MR) is 137 cm³/mol. The second-order valence-electron chi connectivity index (χ2n) is 4.97. The highest BCUT2D eigenvalue weighted by Crippen LogP contribution is 1.81. The molecule has 0 fully saturated rings. The van der Waals surface area contributed by atoms with Crippen LogP contribution < -0.4 is 10.6 Å². The zero-order chi connectivity index (χ0) is 21.6. The first-order valence-corrected chi connectivity index (χ1v) is 9.27. The summed E-state index contributed by atoms with van der Waals surface area (Å²) in [5.74, 6) is -0.803. The average Bonchev–Trinajstić information content (AvgIpc) is 2.66. The minimum atomic E-state index is -0.812. The molecule has 2 N–H and O–H groups in total. The molecule has 0 bridgehead atoms. The SMILES string of the molecule is C.C.C.C.[B]C(=O)OCCOCCNC(=O)CC.[B]C(=S)OCCOCCNC(=O)CC. The zero-order valence-electron chi connectivity index (χ0n) is 16.5. The number of amides is 2. The zero-order valence-corrected chi connectivity index (χ0v) is 17.3. The van der Waals surface area contributed by atoms with E-state index in [1.807, 2.05) is 0 Å². The lowest BCUT2D eigenvalue weighted by atomic mass is 10.2. The topological polar surface area (TPSA) is 112 Å². The molecule has 0 saturated heterocycles. The van der Waals surface area contributed by atoms with Crippen LogP contribution in [0.15, 0.2) is 0 Å². The number of hydrogen-bond donors (Lipinski definition) is 2. The maximum Gasteiger partial charge on any atom is 0.235 e. The molecule has 0 aliphatic heterocycles. The Kier molecular flexibility index (Phi) is 46.8. The molecule has 0 heterocycles. The molecule has 0 rings (SSSR count). The fourth-order valence-electron chi connectivity index (χ4n) is 1.38. The third-order valence-electron chi connectivity index (χ3n) is 2.72. The van der Waals surface area contributed by atoms with Gasteiger partial charge >= 0.3 is 0 Å². The molecule has 32 heavy (non-hydrogen) atoms. The molecular formula is C20H44B2N2O7S. The lowest BCUT2D eigenvalue weighted by Crippen LogP contribution is -2.26. The van der Waals surface area contributed by atoms with Crippen LogP contribution in [0.5, 0.6) is 0 Å². The standard InChI is InChI=1S/C8H14BNO4.C8H14BNO3S.4CH4/c1-2-7(11)10-3-4-13-5-6-14-8(9)12;1-2-7(11)10-3-4-12-5-6-13-8(9)14;;;;/h2*2-6H2,1H3,(H,10,11);4*1H4. The van der Waals surface area contributed by atoms with Crippen molar-refractivity contribution < 1.29 is 33.3 Å². The van der Waals surface area contributed by atoms with E-state index in [-0.39, 0.29) is 59.7 Å². The number of rotatable bonds is 14. The fourth-order valence-corrected chi connectivity index (χ4v) is 1.47. The van der Waals surface area contributed by atoms with Crippen molar-refractivity contribution in [2.45, 2.75) is 56.4 Å². The summed E-state index contributed by atoms with van der Waals surface area (Å²) < 4.78 is 19.4. The lowest BCUT2D eigenvalue weighted by Gasteiger charge is -2.06. The largest absolute Gasteiger partial charge is 0.496 e. The van der Waals surface area contributed by atoms with Crippen LogP contribution in [-0.2, 0) is 28.5 Å². The molecule has 9 nitrogen and oxygen atoms in total. The quantitative estimate of drug-likeness (QED) is 0.223. The second-order valence-corrected chi connectivity index (χ2v) is 5.37. The van der Waals surface area contributed by atoms with Gasteiger partial charge in [0.05, 0.1) is 31.4 Å². The first-order chi connectivity index (χ1) is 13.3. The maximum atomic E-state index is 10.8. The Hall–Kier alpha value is -1.65. The van der Waals surface area contributed by atoms with Crippen molar-refractivity contribution in [3.8, 4) is 0 Å². The maximum absolute atomic E-state index is 10.8. The first kappa shape index (κ1) is 44.1. The Morgan fingerprint density at radius 3 is 1.38 bits per heavy atom. The summed E-state index contributed by atoms with van der Waals surface area (Å²) >= 11 is 4.49. The summed E-state index contributed by atoms with van der Waals surface area (Å²) in [4.78, 5) is 31.6. The smallest absolute Gasteiger partial charge is 0.235 e. The normalized spacial score (nSPS) is 8.31. The fraction of sp³-hybridized carbons (Fsp3) is 0.800. The number of carbonyl (C=O) groups excluding carboxylic acids is 3. The molecule has 0 atom stereocenters. The summed E-state index contributed by atoms with van der Waals surface area (Å²) in [6.07, 6.45) is 0.954. The predicted octanol–water partition coefficient (Wildman–Crippen LogP) is 2.38. The highest BCUT2D eigenvalue weighted by Gasteiger charge is 1.96. The Morgan fingerprint density at radius 1 is 0.688 bits per heavy atom.